The van der Waals surface area contributed by atoms with Crippen molar-refractivity contribution in [2.75, 3.05) is 19.9 Å². The van der Waals surface area contributed by atoms with Crippen LogP contribution in [0.25, 0.3) is 11.5 Å². The van der Waals surface area contributed by atoms with Gasteiger partial charge < -0.3 is 9.15 Å². The molecule has 1 aliphatic rings. The van der Waals surface area contributed by atoms with Crippen LogP contribution in [-0.4, -0.2) is 38.5 Å². The summed E-state index contributed by atoms with van der Waals surface area (Å²) in [6.07, 6.45) is 5.07. The summed E-state index contributed by atoms with van der Waals surface area (Å²) < 4.78 is 36.8. The number of nitrogens with zero attached hydrogens (tertiary/aromatic N) is 2. The molecular formula is C22H31N3O4S. The molecule has 0 amide bonds. The van der Waals surface area contributed by atoms with Crippen molar-refractivity contribution in [1.29, 1.82) is 0 Å². The Bertz CT molecular complexity index is 980. The number of methoxy groups -OCH3 is 1. The van der Waals surface area contributed by atoms with Gasteiger partial charge in [0.2, 0.25) is 21.8 Å². The molecule has 164 valence electrons. The molecule has 0 fully saturated rings. The summed E-state index contributed by atoms with van der Waals surface area (Å²) in [6.45, 7) is 6.93. The van der Waals surface area contributed by atoms with Crippen molar-refractivity contribution in [1.82, 2.24) is 14.9 Å². The van der Waals surface area contributed by atoms with Crippen LogP contribution in [0.1, 0.15) is 33.1 Å². The minimum absolute atomic E-state index is 0.188. The van der Waals surface area contributed by atoms with Crippen LogP contribution in [-0.2, 0) is 16.4 Å². The maximum Gasteiger partial charge on any atom is 0.247 e. The van der Waals surface area contributed by atoms with Crippen molar-refractivity contribution in [3.63, 3.8) is 0 Å². The summed E-state index contributed by atoms with van der Waals surface area (Å²) in [5.41, 5.74) is 2.11. The van der Waals surface area contributed by atoms with Crippen LogP contribution in [0.4, 0.5) is 0 Å². The lowest BCUT2D eigenvalue weighted by Crippen LogP contribution is -2.36. The maximum absolute atomic E-state index is 11.5. The molecule has 0 aliphatic heterocycles. The van der Waals surface area contributed by atoms with Gasteiger partial charge in [-0.3, -0.25) is 0 Å². The van der Waals surface area contributed by atoms with Crippen LogP contribution in [0.5, 0.6) is 5.75 Å². The second-order valence-corrected chi connectivity index (χ2v) is 10.3. The van der Waals surface area contributed by atoms with E-state index in [9.17, 15) is 8.42 Å². The predicted octanol–water partition coefficient (Wildman–Crippen LogP) is 3.69. The van der Waals surface area contributed by atoms with Gasteiger partial charge >= 0.3 is 0 Å². The summed E-state index contributed by atoms with van der Waals surface area (Å²) in [7, 11) is -1.57. The predicted molar refractivity (Wildman–Crippen MR) is 117 cm³/mol. The van der Waals surface area contributed by atoms with Crippen molar-refractivity contribution in [3.05, 3.63) is 41.8 Å². The highest BCUT2D eigenvalue weighted by Gasteiger charge is 2.32. The van der Waals surface area contributed by atoms with Crippen molar-refractivity contribution < 1.29 is 17.6 Å². The molecule has 3 rings (SSSR count). The Kier molecular flexibility index (Phi) is 6.98. The Morgan fingerprint density at radius 2 is 1.93 bits per heavy atom. The number of sulfonamides is 1. The van der Waals surface area contributed by atoms with Crippen LogP contribution >= 0.6 is 0 Å². The number of benzene rings is 1. The fourth-order valence-electron chi connectivity index (χ4n) is 4.15. The largest absolute Gasteiger partial charge is 0.497 e. The van der Waals surface area contributed by atoms with Gasteiger partial charge in [0.05, 0.1) is 13.4 Å². The van der Waals surface area contributed by atoms with E-state index in [0.29, 0.717) is 42.5 Å². The fraction of sp³-hybridized carbons (Fsp3) is 0.545. The van der Waals surface area contributed by atoms with Gasteiger partial charge in [0, 0.05) is 18.5 Å². The molecule has 0 spiro atoms. The molecule has 1 heterocycles. The molecular weight excluding hydrogens is 402 g/mol. The summed E-state index contributed by atoms with van der Waals surface area (Å²) in [5, 5.41) is 8.46. The first-order valence-electron chi connectivity index (χ1n) is 10.3. The average molecular weight is 434 g/mol. The molecule has 30 heavy (non-hydrogen) atoms. The Hall–Kier alpha value is -2.19. The molecule has 2 aromatic rings. The number of allylic oxidation sites excluding steroid dienone is 1. The van der Waals surface area contributed by atoms with Crippen LogP contribution in [0.15, 0.2) is 40.3 Å². The Labute approximate surface area is 179 Å². The Morgan fingerprint density at radius 3 is 2.53 bits per heavy atom. The normalized spacial score (nSPS) is 22.2. The van der Waals surface area contributed by atoms with Gasteiger partial charge in [-0.25, -0.2) is 13.1 Å². The number of ether oxygens (including phenoxy) is 1. The molecule has 0 saturated heterocycles. The first-order chi connectivity index (χ1) is 14.2. The molecule has 8 heteroatoms. The van der Waals surface area contributed by atoms with Gasteiger partial charge in [-0.1, -0.05) is 25.5 Å². The average Bonchev–Trinajstić information content (AvgIpc) is 3.16. The molecule has 0 saturated carbocycles. The second-order valence-electron chi connectivity index (χ2n) is 8.47. The van der Waals surface area contributed by atoms with Crippen LogP contribution in [0.3, 0.4) is 0 Å². The van der Waals surface area contributed by atoms with E-state index >= 15 is 0 Å². The summed E-state index contributed by atoms with van der Waals surface area (Å²) in [4.78, 5) is 0. The summed E-state index contributed by atoms with van der Waals surface area (Å²) in [6, 6.07) is 7.53. The first kappa shape index (κ1) is 22.5. The van der Waals surface area contributed by atoms with Crippen molar-refractivity contribution in [2.45, 2.75) is 33.6 Å². The molecule has 1 aromatic heterocycles. The van der Waals surface area contributed by atoms with E-state index in [1.165, 1.54) is 11.8 Å². The van der Waals surface area contributed by atoms with E-state index < -0.39 is 10.0 Å². The molecule has 3 unspecified atom stereocenters. The highest BCUT2D eigenvalue weighted by atomic mass is 32.2. The Morgan fingerprint density at radius 1 is 1.23 bits per heavy atom. The topological polar surface area (TPSA) is 94.3 Å². The molecule has 3 atom stereocenters. The van der Waals surface area contributed by atoms with E-state index in [1.807, 2.05) is 24.3 Å². The number of hydrogen-bond acceptors (Lipinski definition) is 6. The van der Waals surface area contributed by atoms with E-state index in [4.69, 9.17) is 9.15 Å². The molecule has 0 bridgehead atoms. The number of aromatic nitrogens is 2. The van der Waals surface area contributed by atoms with E-state index in [0.717, 1.165) is 17.7 Å². The monoisotopic (exact) mass is 433 g/mol. The first-order valence-corrected chi connectivity index (χ1v) is 12.1. The SMILES string of the molecule is COc1ccc(-c2nnc(CC3CC(C(C)C)C(CNS(C)(=O)=O)C=C3C)o2)cc1. The lowest BCUT2D eigenvalue weighted by molar-refractivity contribution is 0.223. The van der Waals surface area contributed by atoms with Crippen LogP contribution < -0.4 is 9.46 Å². The fourth-order valence-corrected chi connectivity index (χ4v) is 4.65. The summed E-state index contributed by atoms with van der Waals surface area (Å²) in [5.74, 6) is 3.22. The second kappa shape index (κ2) is 9.31. The zero-order chi connectivity index (χ0) is 21.9. The lowest BCUT2D eigenvalue weighted by Gasteiger charge is -2.36. The van der Waals surface area contributed by atoms with E-state index in [-0.39, 0.29) is 5.92 Å². The minimum Gasteiger partial charge on any atom is -0.497 e. The van der Waals surface area contributed by atoms with Crippen molar-refractivity contribution in [2.24, 2.45) is 23.7 Å². The highest BCUT2D eigenvalue weighted by molar-refractivity contribution is 7.88. The third-order valence-electron chi connectivity index (χ3n) is 5.89. The summed E-state index contributed by atoms with van der Waals surface area (Å²) >= 11 is 0. The van der Waals surface area contributed by atoms with E-state index in [1.54, 1.807) is 7.11 Å². The van der Waals surface area contributed by atoms with Gasteiger partial charge in [0.25, 0.3) is 0 Å². The van der Waals surface area contributed by atoms with Gasteiger partial charge in [-0.05, 0) is 61.3 Å². The molecule has 0 radical (unpaired) electrons. The molecule has 1 N–H and O–H groups in total. The molecule has 7 nitrogen and oxygen atoms in total. The third kappa shape index (κ3) is 5.70. The van der Waals surface area contributed by atoms with Crippen LogP contribution in [0.2, 0.25) is 0 Å². The zero-order valence-electron chi connectivity index (χ0n) is 18.3. The lowest BCUT2D eigenvalue weighted by atomic mass is 9.70. The Balaban J connectivity index is 1.72. The standard InChI is InChI=1S/C22H31N3O4S/c1-14(2)20-11-17(15(3)10-18(20)13-23-30(5,26)27)12-21-24-25-22(29-21)16-6-8-19(28-4)9-7-16/h6-10,14,17-18,20,23H,11-13H2,1-5H3. The molecule has 1 aliphatic carbocycles. The van der Waals surface area contributed by atoms with Gasteiger partial charge in [0.1, 0.15) is 5.75 Å². The smallest absolute Gasteiger partial charge is 0.247 e. The maximum atomic E-state index is 11.5. The van der Waals surface area contributed by atoms with Crippen LogP contribution in [0, 0.1) is 23.7 Å². The van der Waals surface area contributed by atoms with Crippen molar-refractivity contribution >= 4 is 10.0 Å². The van der Waals surface area contributed by atoms with Gasteiger partial charge in [-0.15, -0.1) is 10.2 Å². The quantitative estimate of drug-likeness (QED) is 0.638. The minimum atomic E-state index is -3.20. The molecule has 1 aromatic carbocycles. The third-order valence-corrected chi connectivity index (χ3v) is 6.58. The van der Waals surface area contributed by atoms with Gasteiger partial charge in [0.15, 0.2) is 0 Å². The number of nitrogens with one attached hydrogen (secondary N) is 1. The zero-order valence-corrected chi connectivity index (χ0v) is 19.1. The van der Waals surface area contributed by atoms with Gasteiger partial charge in [-0.2, -0.15) is 0 Å². The number of rotatable bonds is 8. The van der Waals surface area contributed by atoms with E-state index in [2.05, 4.69) is 41.8 Å². The number of hydrogen-bond donors (Lipinski definition) is 1. The highest BCUT2D eigenvalue weighted by Crippen LogP contribution is 2.39. The van der Waals surface area contributed by atoms with Crippen molar-refractivity contribution in [3.8, 4) is 17.2 Å².